The van der Waals surface area contributed by atoms with Crippen molar-refractivity contribution in [2.45, 2.75) is 40.5 Å². The zero-order valence-electron chi connectivity index (χ0n) is 7.72. The van der Waals surface area contributed by atoms with Crippen LogP contribution < -0.4 is 0 Å². The molecule has 0 N–H and O–H groups in total. The normalized spacial score (nSPS) is 14.9. The molecule has 0 aliphatic carbocycles. The van der Waals surface area contributed by atoms with Crippen LogP contribution in [0.2, 0.25) is 0 Å². The number of rotatable bonds is 4. The van der Waals surface area contributed by atoms with Gasteiger partial charge in [0.25, 0.3) is 0 Å². The summed E-state index contributed by atoms with van der Waals surface area (Å²) in [6, 6.07) is 0. The Kier molecular flexibility index (Phi) is 5.38. The maximum atomic E-state index is 2.31. The SMILES string of the molecule is CC/C=C/CC(C)C(C)C. The highest BCUT2D eigenvalue weighted by atomic mass is 14.1. The Labute approximate surface area is 65.3 Å². The molecule has 60 valence electrons. The van der Waals surface area contributed by atoms with Crippen LogP contribution in [0.15, 0.2) is 12.2 Å². The average molecular weight is 140 g/mol. The van der Waals surface area contributed by atoms with Crippen molar-refractivity contribution >= 4 is 0 Å². The Balaban J connectivity index is 3.38. The molecule has 0 saturated carbocycles. The summed E-state index contributed by atoms with van der Waals surface area (Å²) in [6.45, 7) is 9.05. The van der Waals surface area contributed by atoms with Crippen LogP contribution in [0.5, 0.6) is 0 Å². The minimum atomic E-state index is 0.821. The van der Waals surface area contributed by atoms with E-state index in [1.165, 1.54) is 12.8 Å². The van der Waals surface area contributed by atoms with Crippen molar-refractivity contribution in [3.63, 3.8) is 0 Å². The lowest BCUT2D eigenvalue weighted by molar-refractivity contribution is 0.424. The highest BCUT2D eigenvalue weighted by molar-refractivity contribution is 4.82. The van der Waals surface area contributed by atoms with Crippen molar-refractivity contribution in [1.82, 2.24) is 0 Å². The van der Waals surface area contributed by atoms with Gasteiger partial charge in [0, 0.05) is 0 Å². The molecular formula is C10H20. The third kappa shape index (κ3) is 4.60. The molecule has 0 heteroatoms. The first-order chi connectivity index (χ1) is 4.68. The molecule has 10 heavy (non-hydrogen) atoms. The largest absolute Gasteiger partial charge is 0.0888 e. The van der Waals surface area contributed by atoms with Crippen molar-refractivity contribution in [1.29, 1.82) is 0 Å². The molecule has 0 aliphatic heterocycles. The standard InChI is InChI=1S/C10H20/c1-5-6-7-8-10(4)9(2)3/h6-7,9-10H,5,8H2,1-4H3/b7-6+. The van der Waals surface area contributed by atoms with Gasteiger partial charge in [-0.1, -0.05) is 39.8 Å². The Morgan fingerprint density at radius 3 is 2.10 bits per heavy atom. The van der Waals surface area contributed by atoms with Crippen molar-refractivity contribution in [2.75, 3.05) is 0 Å². The maximum absolute atomic E-state index is 2.31. The second-order valence-electron chi connectivity index (χ2n) is 3.34. The molecular weight excluding hydrogens is 120 g/mol. The van der Waals surface area contributed by atoms with Crippen LogP contribution in [0, 0.1) is 11.8 Å². The summed E-state index contributed by atoms with van der Waals surface area (Å²) >= 11 is 0. The summed E-state index contributed by atoms with van der Waals surface area (Å²) in [6.07, 6.45) is 6.96. The van der Waals surface area contributed by atoms with E-state index in [-0.39, 0.29) is 0 Å². The van der Waals surface area contributed by atoms with Crippen LogP contribution in [-0.2, 0) is 0 Å². The fourth-order valence-corrected chi connectivity index (χ4v) is 0.750. The predicted octanol–water partition coefficient (Wildman–Crippen LogP) is 3.63. The van der Waals surface area contributed by atoms with Gasteiger partial charge < -0.3 is 0 Å². The number of allylic oxidation sites excluding steroid dienone is 2. The minimum Gasteiger partial charge on any atom is -0.0888 e. The van der Waals surface area contributed by atoms with Gasteiger partial charge in [0.1, 0.15) is 0 Å². The molecule has 0 radical (unpaired) electrons. The van der Waals surface area contributed by atoms with E-state index in [1.54, 1.807) is 0 Å². The Bertz CT molecular complexity index is 90.2. The van der Waals surface area contributed by atoms with Crippen molar-refractivity contribution in [2.24, 2.45) is 11.8 Å². The zero-order valence-corrected chi connectivity index (χ0v) is 7.72. The number of hydrogen-bond donors (Lipinski definition) is 0. The smallest absolute Gasteiger partial charge is 0.0322 e. The monoisotopic (exact) mass is 140 g/mol. The molecule has 0 nitrogen and oxygen atoms in total. The summed E-state index contributed by atoms with van der Waals surface area (Å²) in [5.41, 5.74) is 0. The van der Waals surface area contributed by atoms with E-state index < -0.39 is 0 Å². The van der Waals surface area contributed by atoms with Gasteiger partial charge in [-0.2, -0.15) is 0 Å². The van der Waals surface area contributed by atoms with E-state index >= 15 is 0 Å². The van der Waals surface area contributed by atoms with Gasteiger partial charge in [-0.15, -0.1) is 0 Å². The van der Waals surface area contributed by atoms with Gasteiger partial charge in [0.2, 0.25) is 0 Å². The van der Waals surface area contributed by atoms with Gasteiger partial charge in [0.05, 0.1) is 0 Å². The molecule has 0 saturated heterocycles. The van der Waals surface area contributed by atoms with E-state index in [1.807, 2.05) is 0 Å². The van der Waals surface area contributed by atoms with Gasteiger partial charge in [-0.25, -0.2) is 0 Å². The Morgan fingerprint density at radius 1 is 1.10 bits per heavy atom. The molecule has 0 rings (SSSR count). The maximum Gasteiger partial charge on any atom is -0.0322 e. The second-order valence-corrected chi connectivity index (χ2v) is 3.34. The van der Waals surface area contributed by atoms with Gasteiger partial charge in [0.15, 0.2) is 0 Å². The van der Waals surface area contributed by atoms with Crippen LogP contribution in [-0.4, -0.2) is 0 Å². The lowest BCUT2D eigenvalue weighted by atomic mass is 9.95. The zero-order chi connectivity index (χ0) is 7.98. The molecule has 0 spiro atoms. The molecule has 1 atom stereocenters. The van der Waals surface area contributed by atoms with Crippen molar-refractivity contribution in [3.8, 4) is 0 Å². The molecule has 1 unspecified atom stereocenters. The van der Waals surface area contributed by atoms with E-state index in [0.717, 1.165) is 11.8 Å². The topological polar surface area (TPSA) is 0 Å². The average Bonchev–Trinajstić information content (AvgIpc) is 1.88. The van der Waals surface area contributed by atoms with E-state index in [4.69, 9.17) is 0 Å². The first kappa shape index (κ1) is 9.74. The summed E-state index contributed by atoms with van der Waals surface area (Å²) in [7, 11) is 0. The van der Waals surface area contributed by atoms with E-state index in [9.17, 15) is 0 Å². The van der Waals surface area contributed by atoms with Crippen LogP contribution in [0.25, 0.3) is 0 Å². The highest BCUT2D eigenvalue weighted by Gasteiger charge is 2.02. The minimum absolute atomic E-state index is 0.821. The first-order valence-electron chi connectivity index (χ1n) is 4.33. The molecule has 0 heterocycles. The van der Waals surface area contributed by atoms with Crippen LogP contribution in [0.4, 0.5) is 0 Å². The Morgan fingerprint density at radius 2 is 1.70 bits per heavy atom. The fraction of sp³-hybridized carbons (Fsp3) is 0.800. The van der Waals surface area contributed by atoms with Gasteiger partial charge >= 0.3 is 0 Å². The van der Waals surface area contributed by atoms with E-state index in [2.05, 4.69) is 39.8 Å². The third-order valence-electron chi connectivity index (χ3n) is 2.05. The van der Waals surface area contributed by atoms with Gasteiger partial charge in [-0.3, -0.25) is 0 Å². The molecule has 0 aromatic heterocycles. The summed E-state index contributed by atoms with van der Waals surface area (Å²) in [5.74, 6) is 1.66. The predicted molar refractivity (Wildman–Crippen MR) is 48.1 cm³/mol. The fourth-order valence-electron chi connectivity index (χ4n) is 0.750. The van der Waals surface area contributed by atoms with Crippen LogP contribution in [0.3, 0.4) is 0 Å². The molecule has 0 aromatic carbocycles. The summed E-state index contributed by atoms with van der Waals surface area (Å²) in [4.78, 5) is 0. The quantitative estimate of drug-likeness (QED) is 0.523. The van der Waals surface area contributed by atoms with Gasteiger partial charge in [-0.05, 0) is 24.7 Å². The van der Waals surface area contributed by atoms with E-state index in [0.29, 0.717) is 0 Å². The van der Waals surface area contributed by atoms with Crippen molar-refractivity contribution < 1.29 is 0 Å². The third-order valence-corrected chi connectivity index (χ3v) is 2.05. The second kappa shape index (κ2) is 5.52. The summed E-state index contributed by atoms with van der Waals surface area (Å²) in [5, 5.41) is 0. The first-order valence-corrected chi connectivity index (χ1v) is 4.33. The van der Waals surface area contributed by atoms with Crippen LogP contribution in [0.1, 0.15) is 40.5 Å². The van der Waals surface area contributed by atoms with Crippen LogP contribution >= 0.6 is 0 Å². The van der Waals surface area contributed by atoms with Crippen molar-refractivity contribution in [3.05, 3.63) is 12.2 Å². The highest BCUT2D eigenvalue weighted by Crippen LogP contribution is 2.13. The Hall–Kier alpha value is -0.260. The lowest BCUT2D eigenvalue weighted by Gasteiger charge is -2.11. The summed E-state index contributed by atoms with van der Waals surface area (Å²) < 4.78 is 0. The number of hydrogen-bond acceptors (Lipinski definition) is 0. The molecule has 0 aliphatic rings. The molecule has 0 bridgehead atoms. The molecule has 0 fully saturated rings. The molecule has 0 amide bonds. The molecule has 0 aromatic rings. The lowest BCUT2D eigenvalue weighted by Crippen LogP contribution is -2.01.